The van der Waals surface area contributed by atoms with Crippen LogP contribution in [0.1, 0.15) is 24.4 Å². The van der Waals surface area contributed by atoms with Crippen LogP contribution in [0.5, 0.6) is 5.75 Å². The molecule has 2 saturated heterocycles. The Kier molecular flexibility index (Phi) is 8.13. The summed E-state index contributed by atoms with van der Waals surface area (Å²) in [5.74, 6) is -3.41. The van der Waals surface area contributed by atoms with E-state index in [9.17, 15) is 9.18 Å². The SMILES string of the molecule is CN1CCCc2c3c(cccc3nn2C)-c2ccnc(n2)N[C@H]2C[C@@H](C1=O)N(c1nc3nc4c1cnn4-c1ccc(F)cc1OCCN1CC(C3)C(F)(F)C1)C2. The first-order valence-corrected chi connectivity index (χ1v) is 18.9. The highest BCUT2D eigenvalue weighted by Crippen LogP contribution is 2.39. The minimum atomic E-state index is -2.99. The lowest BCUT2D eigenvalue weighted by atomic mass is 10.0. The first-order valence-electron chi connectivity index (χ1n) is 18.9. The zero-order valence-corrected chi connectivity index (χ0v) is 30.9. The van der Waals surface area contributed by atoms with Crippen LogP contribution in [0, 0.1) is 11.7 Å². The van der Waals surface area contributed by atoms with Gasteiger partial charge in [0.2, 0.25) is 11.9 Å². The van der Waals surface area contributed by atoms with Gasteiger partial charge in [-0.1, -0.05) is 12.1 Å². The van der Waals surface area contributed by atoms with E-state index in [2.05, 4.69) is 15.4 Å². The van der Waals surface area contributed by atoms with E-state index in [0.717, 1.165) is 27.9 Å². The highest BCUT2D eigenvalue weighted by Gasteiger charge is 2.48. The van der Waals surface area contributed by atoms with Crippen molar-refractivity contribution in [3.63, 3.8) is 0 Å². The number of anilines is 2. The number of hydrogen-bond acceptors (Lipinski definition) is 11. The number of nitrogens with zero attached hydrogens (tertiary/aromatic N) is 11. The molecule has 0 radical (unpaired) electrons. The predicted octanol–water partition coefficient (Wildman–Crippen LogP) is 4.26. The summed E-state index contributed by atoms with van der Waals surface area (Å²) in [5.41, 5.74) is 4.42. The Morgan fingerprint density at radius 3 is 2.82 bits per heavy atom. The fourth-order valence-electron chi connectivity index (χ4n) is 8.86. The Morgan fingerprint density at radius 1 is 1.04 bits per heavy atom. The maximum absolute atomic E-state index is 15.5. The van der Waals surface area contributed by atoms with Crippen molar-refractivity contribution in [1.29, 1.82) is 0 Å². The number of amides is 1. The van der Waals surface area contributed by atoms with Gasteiger partial charge in [0.1, 0.15) is 41.5 Å². The first-order chi connectivity index (χ1) is 27.1. The fourth-order valence-corrected chi connectivity index (χ4v) is 8.86. The molecule has 0 aliphatic carbocycles. The van der Waals surface area contributed by atoms with Crippen molar-refractivity contribution in [2.45, 2.75) is 43.7 Å². The molecule has 2 aromatic carbocycles. The van der Waals surface area contributed by atoms with Crippen LogP contribution in [0.25, 0.3) is 38.9 Å². The predicted molar refractivity (Wildman–Crippen MR) is 202 cm³/mol. The van der Waals surface area contributed by atoms with Gasteiger partial charge in [-0.15, -0.1) is 0 Å². The normalized spacial score (nSPS) is 23.5. The number of halogens is 3. The number of fused-ring (bicyclic) bond motifs is 10. The largest absolute Gasteiger partial charge is 0.490 e. The van der Waals surface area contributed by atoms with Crippen LogP contribution in [0.4, 0.5) is 24.9 Å². The highest BCUT2D eigenvalue weighted by molar-refractivity contribution is 5.96. The van der Waals surface area contributed by atoms with Gasteiger partial charge in [0.25, 0.3) is 5.92 Å². The second-order valence-corrected chi connectivity index (χ2v) is 15.3. The minimum Gasteiger partial charge on any atom is -0.490 e. The van der Waals surface area contributed by atoms with E-state index in [1.807, 2.05) is 47.9 Å². The third kappa shape index (κ3) is 5.86. The standard InChI is InChI=1S/C39H39F3N12O2/c1-50-12-4-7-30-34-25(5-3-6-28(34)49-51(30)2)27-10-11-43-38(46-27)45-24-17-31(37(50)55)53(20-24)35-26-18-44-54-29-9-8-23(40)16-32(29)56-14-13-52-19-22(39(41,42)21-52)15-33(47-35)48-36(26)54/h3,5-6,8-11,16,18,22,24,31H,4,7,12-15,17,19-21H2,1-2H3,(H,43,45,46)/t22?,24-,31-/m0/s1. The Bertz CT molecular complexity index is 2520. The molecule has 56 heavy (non-hydrogen) atoms. The molecular formula is C39H39F3N12O2. The molecule has 1 amide bonds. The van der Waals surface area contributed by atoms with Gasteiger partial charge in [-0.3, -0.25) is 14.4 Å². The number of aromatic nitrogens is 8. The maximum atomic E-state index is 15.5. The number of rotatable bonds is 1. The van der Waals surface area contributed by atoms with Gasteiger partial charge in [0.05, 0.1) is 29.3 Å². The molecule has 8 heterocycles. The Labute approximate surface area is 319 Å². The van der Waals surface area contributed by atoms with Crippen molar-refractivity contribution < 1.29 is 22.7 Å². The molecule has 2 unspecified atom stereocenters. The van der Waals surface area contributed by atoms with Crippen LogP contribution >= 0.6 is 0 Å². The van der Waals surface area contributed by atoms with Gasteiger partial charge in [-0.05, 0) is 43.5 Å². The van der Waals surface area contributed by atoms with Crippen molar-refractivity contribution >= 4 is 39.6 Å². The topological polar surface area (TPSA) is 135 Å². The molecule has 14 nitrogen and oxygen atoms in total. The molecule has 0 saturated carbocycles. The van der Waals surface area contributed by atoms with E-state index < -0.39 is 30.2 Å². The van der Waals surface area contributed by atoms with E-state index in [1.54, 1.807) is 28.3 Å². The van der Waals surface area contributed by atoms with Gasteiger partial charge in [0, 0.05) is 87.6 Å². The van der Waals surface area contributed by atoms with Crippen molar-refractivity contribution in [2.75, 3.05) is 56.6 Å². The summed E-state index contributed by atoms with van der Waals surface area (Å²) in [6.45, 7) is 0.848. The van der Waals surface area contributed by atoms with Crippen LogP contribution in [-0.2, 0) is 24.7 Å². The molecule has 288 valence electrons. The summed E-state index contributed by atoms with van der Waals surface area (Å²) in [6.07, 6.45) is 5.01. The monoisotopic (exact) mass is 764 g/mol. The van der Waals surface area contributed by atoms with E-state index in [1.165, 1.54) is 16.8 Å². The summed E-state index contributed by atoms with van der Waals surface area (Å²) < 4.78 is 55.1. The van der Waals surface area contributed by atoms with Crippen LogP contribution in [0.15, 0.2) is 54.9 Å². The maximum Gasteiger partial charge on any atom is 0.264 e. The Hall–Kier alpha value is -5.84. The lowest BCUT2D eigenvalue weighted by Gasteiger charge is -2.29. The zero-order valence-electron chi connectivity index (χ0n) is 30.9. The lowest BCUT2D eigenvalue weighted by Crippen LogP contribution is -2.45. The molecule has 4 aromatic heterocycles. The molecule has 8 bridgehead atoms. The van der Waals surface area contributed by atoms with Crippen LogP contribution in [-0.4, -0.2) is 120 Å². The van der Waals surface area contributed by atoms with E-state index >= 15 is 8.78 Å². The molecule has 0 spiro atoms. The molecule has 4 aliphatic heterocycles. The van der Waals surface area contributed by atoms with Crippen LogP contribution in [0.2, 0.25) is 0 Å². The molecule has 4 aliphatic rings. The first kappa shape index (κ1) is 34.6. The average molecular weight is 765 g/mol. The molecule has 6 aromatic rings. The average Bonchev–Trinajstić information content (AvgIpc) is 3.93. The third-order valence-corrected chi connectivity index (χ3v) is 11.6. The Balaban J connectivity index is 1.09. The number of ether oxygens (including phenoxy) is 1. The van der Waals surface area contributed by atoms with Gasteiger partial charge >= 0.3 is 0 Å². The molecular weight excluding hydrogens is 726 g/mol. The number of likely N-dealkylation sites (N-methyl/N-ethyl adjacent to an activating group) is 1. The van der Waals surface area contributed by atoms with Crippen molar-refractivity contribution in [2.24, 2.45) is 13.0 Å². The third-order valence-electron chi connectivity index (χ3n) is 11.6. The number of nitrogens with one attached hydrogen (secondary N) is 1. The van der Waals surface area contributed by atoms with E-state index in [4.69, 9.17) is 24.8 Å². The molecule has 4 atom stereocenters. The number of benzene rings is 2. The second-order valence-electron chi connectivity index (χ2n) is 15.3. The molecule has 17 heteroatoms. The molecule has 2 fully saturated rings. The summed E-state index contributed by atoms with van der Waals surface area (Å²) in [7, 11) is 3.75. The summed E-state index contributed by atoms with van der Waals surface area (Å²) in [4.78, 5) is 39.2. The van der Waals surface area contributed by atoms with E-state index in [0.29, 0.717) is 60.8 Å². The van der Waals surface area contributed by atoms with Gasteiger partial charge in [-0.25, -0.2) is 37.8 Å². The fraction of sp³-hybridized carbons (Fsp3) is 0.410. The van der Waals surface area contributed by atoms with Gasteiger partial charge in [-0.2, -0.15) is 10.2 Å². The smallest absolute Gasteiger partial charge is 0.264 e. The van der Waals surface area contributed by atoms with Gasteiger partial charge in [0.15, 0.2) is 5.65 Å². The number of hydrogen-bond donors (Lipinski definition) is 1. The van der Waals surface area contributed by atoms with Crippen LogP contribution < -0.4 is 15.0 Å². The van der Waals surface area contributed by atoms with Crippen LogP contribution in [0.3, 0.4) is 0 Å². The quantitative estimate of drug-likeness (QED) is 0.258. The molecule has 1 N–H and O–H groups in total. The second kappa shape index (κ2) is 13.1. The summed E-state index contributed by atoms with van der Waals surface area (Å²) in [5, 5.41) is 14.5. The Morgan fingerprint density at radius 2 is 1.93 bits per heavy atom. The number of carbonyl (C=O) groups excluding carboxylic acids is 1. The van der Waals surface area contributed by atoms with Crippen molar-refractivity contribution in [3.05, 3.63) is 72.2 Å². The number of aryl methyl sites for hydroxylation is 2. The van der Waals surface area contributed by atoms with Crippen molar-refractivity contribution in [1.82, 2.24) is 49.3 Å². The van der Waals surface area contributed by atoms with E-state index in [-0.39, 0.29) is 49.6 Å². The number of alkyl halides is 2. The minimum absolute atomic E-state index is 0.0865. The zero-order chi connectivity index (χ0) is 38.3. The number of carbonyl (C=O) groups is 1. The molecule has 10 rings (SSSR count). The van der Waals surface area contributed by atoms with Crippen molar-refractivity contribution in [3.8, 4) is 22.7 Å². The van der Waals surface area contributed by atoms with Gasteiger partial charge < -0.3 is 19.9 Å². The summed E-state index contributed by atoms with van der Waals surface area (Å²) >= 11 is 0. The summed E-state index contributed by atoms with van der Waals surface area (Å²) in [6, 6.07) is 11.1. The highest BCUT2D eigenvalue weighted by atomic mass is 19.3. The lowest BCUT2D eigenvalue weighted by molar-refractivity contribution is -0.131.